The second-order valence-electron chi connectivity index (χ2n) is 6.33. The second-order valence-corrected chi connectivity index (χ2v) is 11.0. The van der Waals surface area contributed by atoms with Crippen LogP contribution < -0.4 is 0 Å². The van der Waals surface area contributed by atoms with E-state index in [0.717, 1.165) is 11.3 Å². The van der Waals surface area contributed by atoms with Crippen molar-refractivity contribution in [2.75, 3.05) is 6.16 Å². The zero-order valence-electron chi connectivity index (χ0n) is 14.8. The van der Waals surface area contributed by atoms with Crippen molar-refractivity contribution in [3.05, 3.63) is 71.8 Å². The SMILES string of the molecule is CC[PH+]1[C@H](c2ccccc2)CC[C@H]1c1ccccc1.O=S(=O)([O-])C(F)(F)F. The summed E-state index contributed by atoms with van der Waals surface area (Å²) in [6.07, 6.45) is 4.14. The Bertz CT molecular complexity index is 764. The summed E-state index contributed by atoms with van der Waals surface area (Å²) < 4.78 is 58.9. The minimum Gasteiger partial charge on any atom is -0.741 e. The minimum absolute atomic E-state index is 0.333. The van der Waals surface area contributed by atoms with Crippen LogP contribution >= 0.6 is 7.92 Å². The highest BCUT2D eigenvalue weighted by Crippen LogP contribution is 2.69. The van der Waals surface area contributed by atoms with Crippen molar-refractivity contribution in [2.45, 2.75) is 36.6 Å². The van der Waals surface area contributed by atoms with Gasteiger partial charge in [-0.3, -0.25) is 0 Å². The quantitative estimate of drug-likeness (QED) is 0.373. The van der Waals surface area contributed by atoms with Crippen LogP contribution in [0.1, 0.15) is 42.2 Å². The third-order valence-electron chi connectivity index (χ3n) is 4.73. The fourth-order valence-electron chi connectivity index (χ4n) is 3.57. The Morgan fingerprint density at radius 3 is 1.52 bits per heavy atom. The van der Waals surface area contributed by atoms with Crippen LogP contribution in [-0.4, -0.2) is 24.6 Å². The van der Waals surface area contributed by atoms with Crippen molar-refractivity contribution < 1.29 is 26.1 Å². The van der Waals surface area contributed by atoms with Crippen LogP contribution in [0.15, 0.2) is 60.7 Å². The molecule has 0 aromatic heterocycles. The van der Waals surface area contributed by atoms with E-state index in [-0.39, 0.29) is 7.92 Å². The lowest BCUT2D eigenvalue weighted by Crippen LogP contribution is -2.21. The molecule has 0 bridgehead atoms. The molecular formula is C19H22F3O3PS. The predicted octanol–water partition coefficient (Wildman–Crippen LogP) is 5.55. The van der Waals surface area contributed by atoms with E-state index >= 15 is 0 Å². The normalized spacial score (nSPS) is 20.8. The van der Waals surface area contributed by atoms with Gasteiger partial charge in [-0.2, -0.15) is 13.2 Å². The molecule has 1 heterocycles. The van der Waals surface area contributed by atoms with Crippen molar-refractivity contribution in [3.63, 3.8) is 0 Å². The zero-order valence-corrected chi connectivity index (χ0v) is 16.6. The first-order valence-corrected chi connectivity index (χ1v) is 11.9. The summed E-state index contributed by atoms with van der Waals surface area (Å²) in [7, 11) is -6.42. The Hall–Kier alpha value is -1.43. The Morgan fingerprint density at radius 2 is 1.26 bits per heavy atom. The van der Waals surface area contributed by atoms with Gasteiger partial charge in [0.05, 0.1) is 17.5 Å². The summed E-state index contributed by atoms with van der Waals surface area (Å²) >= 11 is 0. The maximum atomic E-state index is 10.7. The molecule has 3 rings (SSSR count). The summed E-state index contributed by atoms with van der Waals surface area (Å²) in [6, 6.07) is 22.4. The fourth-order valence-corrected chi connectivity index (χ4v) is 7.36. The second kappa shape index (κ2) is 9.18. The lowest BCUT2D eigenvalue weighted by Gasteiger charge is -2.18. The van der Waals surface area contributed by atoms with E-state index in [4.69, 9.17) is 13.0 Å². The predicted molar refractivity (Wildman–Crippen MR) is 102 cm³/mol. The molecular weight excluding hydrogens is 396 g/mol. The van der Waals surface area contributed by atoms with Gasteiger partial charge in [0.25, 0.3) is 0 Å². The van der Waals surface area contributed by atoms with Crippen LogP contribution in [0.3, 0.4) is 0 Å². The number of alkyl halides is 3. The van der Waals surface area contributed by atoms with Crippen LogP contribution in [0.2, 0.25) is 0 Å². The van der Waals surface area contributed by atoms with Gasteiger partial charge < -0.3 is 4.55 Å². The van der Waals surface area contributed by atoms with Gasteiger partial charge in [0.15, 0.2) is 10.1 Å². The smallest absolute Gasteiger partial charge is 0.485 e. The zero-order chi connectivity index (χ0) is 20.1. The summed E-state index contributed by atoms with van der Waals surface area (Å²) in [4.78, 5) is 0. The molecule has 0 N–H and O–H groups in total. The van der Waals surface area contributed by atoms with Gasteiger partial charge in [-0.05, 0) is 30.9 Å². The molecule has 148 valence electrons. The highest BCUT2D eigenvalue weighted by atomic mass is 32.2. The van der Waals surface area contributed by atoms with Crippen molar-refractivity contribution in [1.29, 1.82) is 0 Å². The van der Waals surface area contributed by atoms with Gasteiger partial charge in [0, 0.05) is 7.92 Å². The van der Waals surface area contributed by atoms with Gasteiger partial charge in [-0.25, -0.2) is 8.42 Å². The van der Waals surface area contributed by atoms with Gasteiger partial charge in [-0.15, -0.1) is 0 Å². The van der Waals surface area contributed by atoms with E-state index in [9.17, 15) is 13.2 Å². The molecule has 8 heteroatoms. The molecule has 0 amide bonds. The first-order chi connectivity index (χ1) is 12.6. The van der Waals surface area contributed by atoms with E-state index in [0.29, 0.717) is 0 Å². The average Bonchev–Trinajstić information content (AvgIpc) is 3.06. The highest BCUT2D eigenvalue weighted by molar-refractivity contribution is 7.86. The van der Waals surface area contributed by atoms with E-state index in [2.05, 4.69) is 67.6 Å². The van der Waals surface area contributed by atoms with Crippen LogP contribution in [0, 0.1) is 0 Å². The number of hydrogen-bond donors (Lipinski definition) is 0. The summed E-state index contributed by atoms with van der Waals surface area (Å²) in [6.45, 7) is 2.39. The molecule has 3 nitrogen and oxygen atoms in total. The molecule has 2 atom stereocenters. The Kier molecular flexibility index (Phi) is 7.43. The van der Waals surface area contributed by atoms with Crippen molar-refractivity contribution in [2.24, 2.45) is 0 Å². The molecule has 1 aliphatic heterocycles. The fraction of sp³-hybridized carbons (Fsp3) is 0.368. The van der Waals surface area contributed by atoms with Crippen LogP contribution in [-0.2, 0) is 10.1 Å². The van der Waals surface area contributed by atoms with Crippen LogP contribution in [0.5, 0.6) is 0 Å². The first-order valence-electron chi connectivity index (χ1n) is 8.62. The van der Waals surface area contributed by atoms with Gasteiger partial charge >= 0.3 is 5.51 Å². The molecule has 1 fully saturated rings. The van der Waals surface area contributed by atoms with Gasteiger partial charge in [0.2, 0.25) is 0 Å². The van der Waals surface area contributed by atoms with E-state index < -0.39 is 15.6 Å². The number of hydrogen-bond acceptors (Lipinski definition) is 3. The summed E-state index contributed by atoms with van der Waals surface area (Å²) in [5.41, 5.74) is -0.788. The van der Waals surface area contributed by atoms with Crippen LogP contribution in [0.4, 0.5) is 13.2 Å². The van der Waals surface area contributed by atoms with E-state index in [1.807, 2.05) is 0 Å². The Balaban J connectivity index is 0.000000279. The standard InChI is InChI=1S/C18H21P.CHF3O3S/c1-2-19-17(15-9-5-3-6-10-15)13-14-18(19)16-11-7-4-8-12-16;2-1(3,4)8(5,6)7/h3-12,17-18H,2,13-14H2,1H3;(H,5,6,7)/t17-,18-;/m0./s1. The van der Waals surface area contributed by atoms with Crippen LogP contribution in [0.25, 0.3) is 0 Å². The van der Waals surface area contributed by atoms with Gasteiger partial charge in [-0.1, -0.05) is 60.7 Å². The number of halogens is 3. The highest BCUT2D eigenvalue weighted by Gasteiger charge is 2.42. The molecule has 0 saturated carbocycles. The Labute approximate surface area is 159 Å². The first kappa shape index (κ1) is 21.9. The maximum Gasteiger partial charge on any atom is 0.485 e. The maximum absolute atomic E-state index is 10.7. The molecule has 1 saturated heterocycles. The summed E-state index contributed by atoms with van der Waals surface area (Å²) in [5, 5.41) is 0. The van der Waals surface area contributed by atoms with Crippen molar-refractivity contribution in [3.8, 4) is 0 Å². The average molecular weight is 418 g/mol. The largest absolute Gasteiger partial charge is 0.741 e. The molecule has 2 aromatic carbocycles. The van der Waals surface area contributed by atoms with Crippen molar-refractivity contribution >= 4 is 18.0 Å². The molecule has 27 heavy (non-hydrogen) atoms. The van der Waals surface area contributed by atoms with E-state index in [1.165, 1.54) is 19.0 Å². The molecule has 0 spiro atoms. The molecule has 0 aliphatic carbocycles. The molecule has 0 unspecified atom stereocenters. The Morgan fingerprint density at radius 1 is 0.926 bits per heavy atom. The van der Waals surface area contributed by atoms with Crippen molar-refractivity contribution in [1.82, 2.24) is 0 Å². The van der Waals surface area contributed by atoms with E-state index in [1.54, 1.807) is 11.1 Å². The topological polar surface area (TPSA) is 57.2 Å². The lowest BCUT2D eigenvalue weighted by molar-refractivity contribution is -0.0517. The number of rotatable bonds is 3. The molecule has 0 radical (unpaired) electrons. The van der Waals surface area contributed by atoms with Gasteiger partial charge in [0.1, 0.15) is 0 Å². The third kappa shape index (κ3) is 5.77. The number of benzene rings is 2. The monoisotopic (exact) mass is 418 g/mol. The lowest BCUT2D eigenvalue weighted by atomic mass is 10.0. The molecule has 2 aromatic rings. The summed E-state index contributed by atoms with van der Waals surface area (Å²) in [5.74, 6) is 0. The third-order valence-corrected chi connectivity index (χ3v) is 9.15. The molecule has 1 aliphatic rings. The minimum atomic E-state index is -6.09.